The fraction of sp³-hybridized carbons (Fsp3) is 0.556. The zero-order valence-electron chi connectivity index (χ0n) is 8.80. The number of imidazole rings is 1. The molecule has 1 rings (SSSR count). The predicted molar refractivity (Wildman–Crippen MR) is 53.4 cm³/mol. The maximum atomic E-state index is 11.4. The van der Waals surface area contributed by atoms with Crippen LogP contribution in [0.25, 0.3) is 0 Å². The second kappa shape index (κ2) is 5.47. The van der Waals surface area contributed by atoms with E-state index in [4.69, 9.17) is 4.74 Å². The number of aliphatic hydroxyl groups is 1. The molecule has 0 aliphatic rings. The molecule has 2 N–H and O–H groups in total. The summed E-state index contributed by atoms with van der Waals surface area (Å²) in [7, 11) is 3.27. The highest BCUT2D eigenvalue weighted by Crippen LogP contribution is 1.93. The Balaban J connectivity index is 2.36. The Morgan fingerprint density at radius 3 is 3.07 bits per heavy atom. The van der Waals surface area contributed by atoms with Gasteiger partial charge in [-0.25, -0.2) is 4.98 Å². The average Bonchev–Trinajstić information content (AvgIpc) is 2.62. The molecular weight excluding hydrogens is 198 g/mol. The number of hydrogen-bond donors (Lipinski definition) is 2. The molecule has 0 fully saturated rings. The van der Waals surface area contributed by atoms with Gasteiger partial charge < -0.3 is 19.7 Å². The summed E-state index contributed by atoms with van der Waals surface area (Å²) in [6.07, 6.45) is 2.46. The Morgan fingerprint density at radius 2 is 2.53 bits per heavy atom. The van der Waals surface area contributed by atoms with Crippen molar-refractivity contribution in [1.29, 1.82) is 0 Å². The molecule has 1 heterocycles. The van der Waals surface area contributed by atoms with Gasteiger partial charge in [0.05, 0.1) is 19.0 Å². The number of nitrogens with one attached hydrogen (secondary N) is 1. The van der Waals surface area contributed by atoms with E-state index in [0.29, 0.717) is 5.69 Å². The van der Waals surface area contributed by atoms with Crippen LogP contribution in [0.3, 0.4) is 0 Å². The van der Waals surface area contributed by atoms with E-state index in [1.165, 1.54) is 7.11 Å². The Bertz CT molecular complexity index is 324. The SMILES string of the molecule is COCC(O)CNC(=O)c1cn(C)cn1. The van der Waals surface area contributed by atoms with Crippen molar-refractivity contribution >= 4 is 5.91 Å². The molecule has 1 aromatic heterocycles. The van der Waals surface area contributed by atoms with Gasteiger partial charge in [-0.15, -0.1) is 0 Å². The van der Waals surface area contributed by atoms with Crippen molar-refractivity contribution < 1.29 is 14.6 Å². The molecule has 1 amide bonds. The minimum atomic E-state index is -0.692. The molecule has 0 radical (unpaired) electrons. The van der Waals surface area contributed by atoms with Crippen LogP contribution in [0.4, 0.5) is 0 Å². The highest BCUT2D eigenvalue weighted by atomic mass is 16.5. The summed E-state index contributed by atoms with van der Waals surface area (Å²) in [5.74, 6) is -0.300. The lowest BCUT2D eigenvalue weighted by molar-refractivity contribution is 0.0608. The van der Waals surface area contributed by atoms with Crippen molar-refractivity contribution in [3.8, 4) is 0 Å². The number of amides is 1. The summed E-state index contributed by atoms with van der Waals surface area (Å²) in [4.78, 5) is 15.3. The zero-order valence-corrected chi connectivity index (χ0v) is 8.80. The van der Waals surface area contributed by atoms with Crippen LogP contribution in [-0.2, 0) is 11.8 Å². The van der Waals surface area contributed by atoms with Crippen molar-refractivity contribution in [1.82, 2.24) is 14.9 Å². The Morgan fingerprint density at radius 1 is 1.80 bits per heavy atom. The van der Waals surface area contributed by atoms with E-state index in [1.54, 1.807) is 24.1 Å². The maximum absolute atomic E-state index is 11.4. The maximum Gasteiger partial charge on any atom is 0.271 e. The smallest absolute Gasteiger partial charge is 0.271 e. The molecule has 0 spiro atoms. The molecule has 1 atom stereocenters. The number of aromatic nitrogens is 2. The van der Waals surface area contributed by atoms with Gasteiger partial charge in [-0.3, -0.25) is 4.79 Å². The Kier molecular flexibility index (Phi) is 4.26. The number of rotatable bonds is 5. The van der Waals surface area contributed by atoms with Gasteiger partial charge in [-0.05, 0) is 0 Å². The molecule has 0 saturated carbocycles. The number of methoxy groups -OCH3 is 1. The fourth-order valence-electron chi connectivity index (χ4n) is 1.08. The number of aliphatic hydroxyl groups excluding tert-OH is 1. The standard InChI is InChI=1S/C9H15N3O3/c1-12-4-8(11-6-12)9(14)10-3-7(13)5-15-2/h4,6-7,13H,3,5H2,1-2H3,(H,10,14). The zero-order chi connectivity index (χ0) is 11.3. The van der Waals surface area contributed by atoms with Crippen molar-refractivity contribution in [2.45, 2.75) is 6.10 Å². The number of nitrogens with zero attached hydrogens (tertiary/aromatic N) is 2. The molecule has 0 aromatic carbocycles. The summed E-state index contributed by atoms with van der Waals surface area (Å²) in [6, 6.07) is 0. The fourth-order valence-corrected chi connectivity index (χ4v) is 1.08. The third-order valence-corrected chi connectivity index (χ3v) is 1.79. The summed E-state index contributed by atoms with van der Waals surface area (Å²) >= 11 is 0. The van der Waals surface area contributed by atoms with E-state index in [2.05, 4.69) is 10.3 Å². The lowest BCUT2D eigenvalue weighted by Gasteiger charge is -2.09. The molecule has 15 heavy (non-hydrogen) atoms. The first kappa shape index (κ1) is 11.7. The average molecular weight is 213 g/mol. The number of carbonyl (C=O) groups excluding carboxylic acids is 1. The highest BCUT2D eigenvalue weighted by molar-refractivity contribution is 5.91. The monoisotopic (exact) mass is 213 g/mol. The molecule has 6 nitrogen and oxygen atoms in total. The van der Waals surface area contributed by atoms with Crippen LogP contribution in [0.15, 0.2) is 12.5 Å². The molecule has 0 aliphatic carbocycles. The van der Waals surface area contributed by atoms with E-state index in [0.717, 1.165) is 0 Å². The van der Waals surface area contributed by atoms with Crippen LogP contribution in [0.2, 0.25) is 0 Å². The van der Waals surface area contributed by atoms with E-state index >= 15 is 0 Å². The van der Waals surface area contributed by atoms with E-state index < -0.39 is 6.10 Å². The molecule has 1 unspecified atom stereocenters. The summed E-state index contributed by atoms with van der Waals surface area (Å²) < 4.78 is 6.41. The van der Waals surface area contributed by atoms with Gasteiger partial charge >= 0.3 is 0 Å². The third kappa shape index (κ3) is 3.69. The Labute approximate surface area is 87.9 Å². The molecule has 84 valence electrons. The molecule has 0 aliphatic heterocycles. The van der Waals surface area contributed by atoms with Crippen molar-refractivity contribution in [3.63, 3.8) is 0 Å². The lowest BCUT2D eigenvalue weighted by atomic mass is 10.3. The first-order valence-corrected chi connectivity index (χ1v) is 4.56. The van der Waals surface area contributed by atoms with Crippen LogP contribution in [-0.4, -0.2) is 46.9 Å². The minimum Gasteiger partial charge on any atom is -0.389 e. The van der Waals surface area contributed by atoms with Gasteiger partial charge in [-0.2, -0.15) is 0 Å². The normalized spacial score (nSPS) is 12.5. The quantitative estimate of drug-likeness (QED) is 0.668. The predicted octanol–water partition coefficient (Wildman–Crippen LogP) is -0.843. The largest absolute Gasteiger partial charge is 0.389 e. The van der Waals surface area contributed by atoms with Crippen LogP contribution in [0.1, 0.15) is 10.5 Å². The van der Waals surface area contributed by atoms with Crippen LogP contribution in [0, 0.1) is 0 Å². The topological polar surface area (TPSA) is 76.4 Å². The second-order valence-corrected chi connectivity index (χ2v) is 3.24. The van der Waals surface area contributed by atoms with Gasteiger partial charge in [0, 0.05) is 26.9 Å². The summed E-state index contributed by atoms with van der Waals surface area (Å²) in [6.45, 7) is 0.353. The van der Waals surface area contributed by atoms with Crippen LogP contribution < -0.4 is 5.32 Å². The van der Waals surface area contributed by atoms with Crippen molar-refractivity contribution in [2.24, 2.45) is 7.05 Å². The molecule has 0 bridgehead atoms. The summed E-state index contributed by atoms with van der Waals surface area (Å²) in [5, 5.41) is 11.8. The number of carbonyl (C=O) groups is 1. The third-order valence-electron chi connectivity index (χ3n) is 1.79. The number of hydrogen-bond acceptors (Lipinski definition) is 4. The van der Waals surface area contributed by atoms with E-state index in [1.807, 2.05) is 0 Å². The lowest BCUT2D eigenvalue weighted by Crippen LogP contribution is -2.34. The number of ether oxygens (including phenoxy) is 1. The van der Waals surface area contributed by atoms with Gasteiger partial charge in [0.15, 0.2) is 0 Å². The second-order valence-electron chi connectivity index (χ2n) is 3.24. The van der Waals surface area contributed by atoms with Crippen molar-refractivity contribution in [3.05, 3.63) is 18.2 Å². The van der Waals surface area contributed by atoms with Crippen LogP contribution >= 0.6 is 0 Å². The van der Waals surface area contributed by atoms with E-state index in [-0.39, 0.29) is 19.1 Å². The van der Waals surface area contributed by atoms with Crippen LogP contribution in [0.5, 0.6) is 0 Å². The first-order valence-electron chi connectivity index (χ1n) is 4.56. The first-order chi connectivity index (χ1) is 7.13. The van der Waals surface area contributed by atoms with Gasteiger partial charge in [0.25, 0.3) is 5.91 Å². The molecule has 1 aromatic rings. The van der Waals surface area contributed by atoms with E-state index in [9.17, 15) is 9.90 Å². The number of aryl methyl sites for hydroxylation is 1. The van der Waals surface area contributed by atoms with Crippen molar-refractivity contribution in [2.75, 3.05) is 20.3 Å². The van der Waals surface area contributed by atoms with Gasteiger partial charge in [0.1, 0.15) is 5.69 Å². The molecular formula is C9H15N3O3. The Hall–Kier alpha value is -1.40. The van der Waals surface area contributed by atoms with Gasteiger partial charge in [-0.1, -0.05) is 0 Å². The molecule has 0 saturated heterocycles. The minimum absolute atomic E-state index is 0.156. The highest BCUT2D eigenvalue weighted by Gasteiger charge is 2.10. The summed E-state index contributed by atoms with van der Waals surface area (Å²) in [5.41, 5.74) is 0.335. The molecule has 6 heteroatoms. The van der Waals surface area contributed by atoms with Gasteiger partial charge in [0.2, 0.25) is 0 Å².